The largest absolute Gasteiger partial charge is 0.296 e. The quantitative estimate of drug-likeness (QED) is 0.628. The number of rotatable bonds is 3. The average molecular weight is 329 g/mol. The van der Waals surface area contributed by atoms with Gasteiger partial charge in [-0.25, -0.2) is 13.8 Å². The van der Waals surface area contributed by atoms with Gasteiger partial charge in [0.05, 0.1) is 5.69 Å². The molecule has 0 aromatic carbocycles. The molecule has 14 heavy (non-hydrogen) atoms. The SMILES string of the molecule is O=Cc1nc(CBr)c(C(F)F)cc1Br. The second-order valence-electron chi connectivity index (χ2n) is 2.44. The van der Waals surface area contributed by atoms with E-state index in [1.54, 1.807) is 0 Å². The molecule has 0 spiro atoms. The van der Waals surface area contributed by atoms with Crippen LogP contribution in [0.15, 0.2) is 10.5 Å². The van der Waals surface area contributed by atoms with E-state index in [2.05, 4.69) is 36.8 Å². The van der Waals surface area contributed by atoms with Crippen LogP contribution < -0.4 is 0 Å². The van der Waals surface area contributed by atoms with E-state index in [1.165, 1.54) is 6.07 Å². The summed E-state index contributed by atoms with van der Waals surface area (Å²) >= 11 is 6.03. The summed E-state index contributed by atoms with van der Waals surface area (Å²) in [7, 11) is 0. The Labute approximate surface area is 96.0 Å². The van der Waals surface area contributed by atoms with Gasteiger partial charge in [-0.2, -0.15) is 0 Å². The number of aldehydes is 1. The molecule has 2 nitrogen and oxygen atoms in total. The number of alkyl halides is 3. The van der Waals surface area contributed by atoms with Gasteiger partial charge in [0.25, 0.3) is 6.43 Å². The number of hydrogen-bond donors (Lipinski definition) is 0. The van der Waals surface area contributed by atoms with Crippen LogP contribution in [0, 0.1) is 0 Å². The monoisotopic (exact) mass is 327 g/mol. The number of aromatic nitrogens is 1. The lowest BCUT2D eigenvalue weighted by Crippen LogP contribution is -2.00. The van der Waals surface area contributed by atoms with Gasteiger partial charge in [-0.05, 0) is 22.0 Å². The molecule has 1 rings (SSSR count). The molecule has 0 fully saturated rings. The standard InChI is InChI=1S/C8H5Br2F2NO/c9-2-6-4(8(11)12)1-5(10)7(3-14)13-6/h1,3,8H,2H2. The molecule has 76 valence electrons. The third-order valence-electron chi connectivity index (χ3n) is 1.59. The van der Waals surface area contributed by atoms with E-state index in [0.717, 1.165) is 0 Å². The lowest BCUT2D eigenvalue weighted by Gasteiger charge is -2.07. The van der Waals surface area contributed by atoms with E-state index in [0.29, 0.717) is 6.29 Å². The van der Waals surface area contributed by atoms with Crippen molar-refractivity contribution in [1.29, 1.82) is 0 Å². The minimum Gasteiger partial charge on any atom is -0.296 e. The minimum atomic E-state index is -2.59. The lowest BCUT2D eigenvalue weighted by molar-refractivity contribution is 0.111. The zero-order valence-corrected chi connectivity index (χ0v) is 9.98. The van der Waals surface area contributed by atoms with Gasteiger partial charge in [0.15, 0.2) is 6.29 Å². The summed E-state index contributed by atoms with van der Waals surface area (Å²) < 4.78 is 25.2. The number of carbonyl (C=O) groups is 1. The van der Waals surface area contributed by atoms with E-state index >= 15 is 0 Å². The first-order valence-electron chi connectivity index (χ1n) is 3.58. The third-order valence-corrected chi connectivity index (χ3v) is 2.76. The first kappa shape index (κ1) is 11.7. The van der Waals surface area contributed by atoms with Crippen LogP contribution in [0.1, 0.15) is 28.2 Å². The molecule has 0 N–H and O–H groups in total. The van der Waals surface area contributed by atoms with Crippen molar-refractivity contribution < 1.29 is 13.6 Å². The number of nitrogens with zero attached hydrogens (tertiary/aromatic N) is 1. The summed E-state index contributed by atoms with van der Waals surface area (Å²) in [5, 5.41) is 0.195. The van der Waals surface area contributed by atoms with Crippen molar-refractivity contribution in [2.45, 2.75) is 11.8 Å². The Balaban J connectivity index is 3.31. The molecule has 0 saturated carbocycles. The van der Waals surface area contributed by atoms with Gasteiger partial charge in [-0.3, -0.25) is 4.79 Å². The van der Waals surface area contributed by atoms with Crippen molar-refractivity contribution in [2.75, 3.05) is 0 Å². The van der Waals surface area contributed by atoms with Crippen molar-refractivity contribution in [3.63, 3.8) is 0 Å². The van der Waals surface area contributed by atoms with Crippen molar-refractivity contribution in [1.82, 2.24) is 4.98 Å². The Morgan fingerprint density at radius 2 is 2.21 bits per heavy atom. The predicted octanol–water partition coefficient (Wildman–Crippen LogP) is 3.49. The maximum absolute atomic E-state index is 12.5. The Bertz CT molecular complexity index is 357. The van der Waals surface area contributed by atoms with Crippen LogP contribution in [0.5, 0.6) is 0 Å². The summed E-state index contributed by atoms with van der Waals surface area (Å²) in [6.07, 6.45) is -2.07. The summed E-state index contributed by atoms with van der Waals surface area (Å²) in [4.78, 5) is 14.3. The van der Waals surface area contributed by atoms with Crippen molar-refractivity contribution >= 4 is 38.1 Å². The van der Waals surface area contributed by atoms with Crippen LogP contribution in [-0.4, -0.2) is 11.3 Å². The van der Waals surface area contributed by atoms with E-state index in [1.807, 2.05) is 0 Å². The molecular formula is C8H5Br2F2NO. The van der Waals surface area contributed by atoms with E-state index in [9.17, 15) is 13.6 Å². The second-order valence-corrected chi connectivity index (χ2v) is 3.86. The van der Waals surface area contributed by atoms with Crippen molar-refractivity contribution in [3.05, 3.63) is 27.5 Å². The van der Waals surface area contributed by atoms with Crippen molar-refractivity contribution in [3.8, 4) is 0 Å². The lowest BCUT2D eigenvalue weighted by atomic mass is 10.2. The van der Waals surface area contributed by atoms with Crippen LogP contribution in [-0.2, 0) is 5.33 Å². The fourth-order valence-electron chi connectivity index (χ4n) is 0.936. The summed E-state index contributed by atoms with van der Waals surface area (Å²) in [6.45, 7) is 0. The first-order chi connectivity index (χ1) is 6.60. The number of halogens is 4. The molecule has 0 atom stereocenters. The van der Waals surface area contributed by atoms with Gasteiger partial charge in [0.1, 0.15) is 5.69 Å². The average Bonchev–Trinajstić information content (AvgIpc) is 2.17. The van der Waals surface area contributed by atoms with E-state index in [-0.39, 0.29) is 26.8 Å². The first-order valence-corrected chi connectivity index (χ1v) is 5.50. The molecule has 0 saturated heterocycles. The third kappa shape index (κ3) is 2.36. The molecule has 6 heteroatoms. The smallest absolute Gasteiger partial charge is 0.265 e. The minimum absolute atomic E-state index is 0.129. The molecule has 0 aliphatic rings. The maximum atomic E-state index is 12.5. The molecule has 0 bridgehead atoms. The zero-order valence-electron chi connectivity index (χ0n) is 6.81. The molecule has 0 radical (unpaired) electrons. The molecular weight excluding hydrogens is 324 g/mol. The van der Waals surface area contributed by atoms with Crippen LogP contribution in [0.2, 0.25) is 0 Å². The molecule has 1 aromatic heterocycles. The molecule has 0 aliphatic heterocycles. The summed E-state index contributed by atoms with van der Waals surface area (Å²) in [5.74, 6) is 0. The van der Waals surface area contributed by atoms with Crippen molar-refractivity contribution in [2.24, 2.45) is 0 Å². The number of hydrogen-bond acceptors (Lipinski definition) is 2. The van der Waals surface area contributed by atoms with Gasteiger partial charge in [0, 0.05) is 15.4 Å². The molecule has 0 aliphatic carbocycles. The summed E-state index contributed by atoms with van der Waals surface area (Å²) in [6, 6.07) is 1.22. The molecule has 0 unspecified atom stereocenters. The van der Waals surface area contributed by atoms with E-state index in [4.69, 9.17) is 0 Å². The molecule has 0 amide bonds. The van der Waals surface area contributed by atoms with E-state index < -0.39 is 6.43 Å². The van der Waals surface area contributed by atoms with Crippen LogP contribution in [0.25, 0.3) is 0 Å². The fraction of sp³-hybridized carbons (Fsp3) is 0.250. The fourth-order valence-corrected chi connectivity index (χ4v) is 1.81. The Kier molecular flexibility index (Phi) is 4.12. The highest BCUT2D eigenvalue weighted by Crippen LogP contribution is 2.27. The topological polar surface area (TPSA) is 30.0 Å². The Hall–Kier alpha value is -0.360. The predicted molar refractivity (Wildman–Crippen MR) is 54.9 cm³/mol. The highest BCUT2D eigenvalue weighted by Gasteiger charge is 2.16. The summed E-state index contributed by atoms with van der Waals surface area (Å²) in [5.41, 5.74) is 0.147. The highest BCUT2D eigenvalue weighted by atomic mass is 79.9. The number of carbonyl (C=O) groups excluding carboxylic acids is 1. The van der Waals surface area contributed by atoms with Crippen LogP contribution in [0.4, 0.5) is 8.78 Å². The van der Waals surface area contributed by atoms with Gasteiger partial charge >= 0.3 is 0 Å². The Morgan fingerprint density at radius 1 is 1.57 bits per heavy atom. The molecule has 1 aromatic rings. The second kappa shape index (κ2) is 4.93. The van der Waals surface area contributed by atoms with Gasteiger partial charge < -0.3 is 0 Å². The zero-order chi connectivity index (χ0) is 10.7. The van der Waals surface area contributed by atoms with Gasteiger partial charge in [-0.1, -0.05) is 15.9 Å². The highest BCUT2D eigenvalue weighted by molar-refractivity contribution is 9.10. The van der Waals surface area contributed by atoms with Crippen LogP contribution >= 0.6 is 31.9 Å². The van der Waals surface area contributed by atoms with Gasteiger partial charge in [0.2, 0.25) is 0 Å². The molecule has 1 heterocycles. The maximum Gasteiger partial charge on any atom is 0.265 e. The van der Waals surface area contributed by atoms with Gasteiger partial charge in [-0.15, -0.1) is 0 Å². The number of pyridine rings is 1. The van der Waals surface area contributed by atoms with Crippen LogP contribution in [0.3, 0.4) is 0 Å². The normalized spacial score (nSPS) is 10.6. The Morgan fingerprint density at radius 3 is 2.64 bits per heavy atom.